The number of rotatable bonds is 4. The highest BCUT2D eigenvalue weighted by molar-refractivity contribution is 5.04. The molecule has 1 atom stereocenters. The SMILES string of the molecule is c1cc(CC2CCCN2)n(CC2CCC2)n1. The second kappa shape index (κ2) is 4.58. The van der Waals surface area contributed by atoms with Gasteiger partial charge in [0.25, 0.3) is 0 Å². The van der Waals surface area contributed by atoms with E-state index < -0.39 is 0 Å². The number of nitrogens with zero attached hydrogens (tertiary/aromatic N) is 2. The minimum Gasteiger partial charge on any atom is -0.314 e. The lowest BCUT2D eigenvalue weighted by molar-refractivity contribution is 0.262. The number of aromatic nitrogens is 2. The van der Waals surface area contributed by atoms with Gasteiger partial charge in [-0.3, -0.25) is 4.68 Å². The molecule has 1 aliphatic heterocycles. The molecule has 0 amide bonds. The van der Waals surface area contributed by atoms with Crippen LogP contribution in [-0.4, -0.2) is 22.4 Å². The van der Waals surface area contributed by atoms with E-state index in [0.717, 1.165) is 18.9 Å². The molecule has 2 fully saturated rings. The van der Waals surface area contributed by atoms with E-state index in [2.05, 4.69) is 21.2 Å². The topological polar surface area (TPSA) is 29.9 Å². The lowest BCUT2D eigenvalue weighted by atomic mass is 9.85. The Hall–Kier alpha value is -0.830. The summed E-state index contributed by atoms with van der Waals surface area (Å²) in [6.45, 7) is 2.34. The van der Waals surface area contributed by atoms with Crippen LogP contribution in [0.4, 0.5) is 0 Å². The Kier molecular flexibility index (Phi) is 2.96. The van der Waals surface area contributed by atoms with Crippen LogP contribution < -0.4 is 5.32 Å². The highest BCUT2D eigenvalue weighted by atomic mass is 15.3. The van der Waals surface area contributed by atoms with E-state index in [-0.39, 0.29) is 0 Å². The summed E-state index contributed by atoms with van der Waals surface area (Å²) in [6.07, 6.45) is 10.0. The first-order chi connectivity index (χ1) is 7.92. The summed E-state index contributed by atoms with van der Waals surface area (Å²) in [7, 11) is 0. The van der Waals surface area contributed by atoms with Gasteiger partial charge in [-0.2, -0.15) is 5.10 Å². The predicted molar refractivity (Wildman–Crippen MR) is 64.3 cm³/mol. The summed E-state index contributed by atoms with van der Waals surface area (Å²) in [5, 5.41) is 8.03. The van der Waals surface area contributed by atoms with Crippen LogP contribution in [0.3, 0.4) is 0 Å². The van der Waals surface area contributed by atoms with Crippen molar-refractivity contribution in [2.45, 2.75) is 51.1 Å². The van der Waals surface area contributed by atoms with Crippen LogP contribution in [0, 0.1) is 5.92 Å². The lowest BCUT2D eigenvalue weighted by Crippen LogP contribution is -2.26. The van der Waals surface area contributed by atoms with Gasteiger partial charge in [-0.05, 0) is 44.2 Å². The minimum absolute atomic E-state index is 0.692. The van der Waals surface area contributed by atoms with E-state index in [0.29, 0.717) is 6.04 Å². The maximum Gasteiger partial charge on any atom is 0.0492 e. The highest BCUT2D eigenvalue weighted by Crippen LogP contribution is 2.28. The molecular weight excluding hydrogens is 198 g/mol. The summed E-state index contributed by atoms with van der Waals surface area (Å²) >= 11 is 0. The maximum atomic E-state index is 4.47. The molecule has 1 saturated heterocycles. The summed E-state index contributed by atoms with van der Waals surface area (Å²) in [5.74, 6) is 0.898. The molecule has 0 radical (unpaired) electrons. The summed E-state index contributed by atoms with van der Waals surface area (Å²) in [4.78, 5) is 0. The molecule has 1 aliphatic carbocycles. The summed E-state index contributed by atoms with van der Waals surface area (Å²) in [6, 6.07) is 2.88. The van der Waals surface area contributed by atoms with E-state index in [9.17, 15) is 0 Å². The molecule has 1 saturated carbocycles. The Balaban J connectivity index is 1.61. The first-order valence-corrected chi connectivity index (χ1v) is 6.66. The second-order valence-electron chi connectivity index (χ2n) is 5.30. The van der Waals surface area contributed by atoms with E-state index >= 15 is 0 Å². The van der Waals surface area contributed by atoms with E-state index in [4.69, 9.17) is 0 Å². The van der Waals surface area contributed by atoms with Crippen LogP contribution in [0.1, 0.15) is 37.8 Å². The molecule has 16 heavy (non-hydrogen) atoms. The number of nitrogens with one attached hydrogen (secondary N) is 1. The van der Waals surface area contributed by atoms with Crippen LogP contribution in [-0.2, 0) is 13.0 Å². The van der Waals surface area contributed by atoms with Crippen molar-refractivity contribution in [3.05, 3.63) is 18.0 Å². The zero-order chi connectivity index (χ0) is 10.8. The largest absolute Gasteiger partial charge is 0.314 e. The van der Waals surface area contributed by atoms with Crippen molar-refractivity contribution in [3.8, 4) is 0 Å². The van der Waals surface area contributed by atoms with Crippen molar-refractivity contribution in [1.82, 2.24) is 15.1 Å². The molecule has 1 unspecified atom stereocenters. The third kappa shape index (κ3) is 2.14. The zero-order valence-electron chi connectivity index (χ0n) is 9.86. The van der Waals surface area contributed by atoms with Gasteiger partial charge in [-0.15, -0.1) is 0 Å². The molecule has 0 aromatic carbocycles. The first kappa shape index (κ1) is 10.3. The second-order valence-corrected chi connectivity index (χ2v) is 5.30. The van der Waals surface area contributed by atoms with Gasteiger partial charge >= 0.3 is 0 Å². The van der Waals surface area contributed by atoms with Gasteiger partial charge in [0.2, 0.25) is 0 Å². The first-order valence-electron chi connectivity index (χ1n) is 6.66. The molecule has 3 heteroatoms. The predicted octanol–water partition coefficient (Wildman–Crippen LogP) is 1.98. The van der Waals surface area contributed by atoms with Gasteiger partial charge < -0.3 is 5.32 Å². The van der Waals surface area contributed by atoms with Gasteiger partial charge in [0.05, 0.1) is 0 Å². The molecule has 2 aliphatic rings. The Morgan fingerprint density at radius 1 is 1.31 bits per heavy atom. The van der Waals surface area contributed by atoms with Gasteiger partial charge in [0, 0.05) is 30.9 Å². The highest BCUT2D eigenvalue weighted by Gasteiger charge is 2.21. The van der Waals surface area contributed by atoms with Crippen molar-refractivity contribution in [2.75, 3.05) is 6.54 Å². The minimum atomic E-state index is 0.692. The van der Waals surface area contributed by atoms with Crippen LogP contribution in [0.25, 0.3) is 0 Å². The number of hydrogen-bond acceptors (Lipinski definition) is 2. The smallest absolute Gasteiger partial charge is 0.0492 e. The molecule has 3 rings (SSSR count). The molecule has 1 N–H and O–H groups in total. The monoisotopic (exact) mass is 219 g/mol. The van der Waals surface area contributed by atoms with Gasteiger partial charge in [0.1, 0.15) is 0 Å². The van der Waals surface area contributed by atoms with E-state index in [1.807, 2.05) is 6.20 Å². The fraction of sp³-hybridized carbons (Fsp3) is 0.769. The Morgan fingerprint density at radius 2 is 2.25 bits per heavy atom. The molecule has 0 bridgehead atoms. The van der Waals surface area contributed by atoms with Gasteiger partial charge in [-0.1, -0.05) is 6.42 Å². The van der Waals surface area contributed by atoms with Crippen molar-refractivity contribution < 1.29 is 0 Å². The summed E-state index contributed by atoms with van der Waals surface area (Å²) < 4.78 is 2.24. The van der Waals surface area contributed by atoms with E-state index in [1.165, 1.54) is 44.3 Å². The van der Waals surface area contributed by atoms with Crippen molar-refractivity contribution in [1.29, 1.82) is 0 Å². The average molecular weight is 219 g/mol. The number of hydrogen-bond donors (Lipinski definition) is 1. The van der Waals surface area contributed by atoms with Crippen LogP contribution in [0.5, 0.6) is 0 Å². The van der Waals surface area contributed by atoms with Gasteiger partial charge in [-0.25, -0.2) is 0 Å². The molecule has 0 spiro atoms. The zero-order valence-corrected chi connectivity index (χ0v) is 9.86. The molecule has 2 heterocycles. The van der Waals surface area contributed by atoms with E-state index in [1.54, 1.807) is 0 Å². The Labute approximate surface area is 97.2 Å². The molecule has 1 aromatic heterocycles. The van der Waals surface area contributed by atoms with Crippen molar-refractivity contribution in [3.63, 3.8) is 0 Å². The van der Waals surface area contributed by atoms with Gasteiger partial charge in [0.15, 0.2) is 0 Å². The van der Waals surface area contributed by atoms with Crippen LogP contribution in [0.15, 0.2) is 12.3 Å². The standard InChI is InChI=1S/C13H21N3/c1-3-11(4-1)10-16-13(6-8-15-16)9-12-5-2-7-14-12/h6,8,11-12,14H,1-5,7,9-10H2. The third-order valence-corrected chi connectivity index (χ3v) is 4.08. The molecular formula is C13H21N3. The lowest BCUT2D eigenvalue weighted by Gasteiger charge is -2.26. The van der Waals surface area contributed by atoms with Crippen LogP contribution >= 0.6 is 0 Å². The summed E-state index contributed by atoms with van der Waals surface area (Å²) in [5.41, 5.74) is 1.42. The molecule has 1 aromatic rings. The normalized spacial score (nSPS) is 25.9. The van der Waals surface area contributed by atoms with Crippen molar-refractivity contribution >= 4 is 0 Å². The third-order valence-electron chi connectivity index (χ3n) is 4.08. The maximum absolute atomic E-state index is 4.47. The fourth-order valence-electron chi connectivity index (χ4n) is 2.80. The quantitative estimate of drug-likeness (QED) is 0.839. The molecule has 88 valence electrons. The van der Waals surface area contributed by atoms with Crippen LogP contribution in [0.2, 0.25) is 0 Å². The molecule has 3 nitrogen and oxygen atoms in total. The Morgan fingerprint density at radius 3 is 2.94 bits per heavy atom. The Bertz CT molecular complexity index is 335. The fourth-order valence-corrected chi connectivity index (χ4v) is 2.80. The van der Waals surface area contributed by atoms with Crippen molar-refractivity contribution in [2.24, 2.45) is 5.92 Å². The average Bonchev–Trinajstić information content (AvgIpc) is 2.84.